The van der Waals surface area contributed by atoms with Gasteiger partial charge in [-0.15, -0.1) is 11.3 Å². The number of rotatable bonds is 4. The molecule has 0 saturated heterocycles. The minimum atomic E-state index is 0.0394. The van der Waals surface area contributed by atoms with Gasteiger partial charge in [0, 0.05) is 10.4 Å². The van der Waals surface area contributed by atoms with E-state index >= 15 is 0 Å². The molecule has 0 amide bonds. The molecule has 4 rings (SSSR count). The van der Waals surface area contributed by atoms with Crippen LogP contribution in [0, 0.1) is 6.92 Å². The molecule has 1 unspecified atom stereocenters. The van der Waals surface area contributed by atoms with Crippen molar-refractivity contribution in [3.05, 3.63) is 62.0 Å². The van der Waals surface area contributed by atoms with Gasteiger partial charge in [0.25, 0.3) is 5.56 Å². The first-order valence-electron chi connectivity index (χ1n) is 8.50. The lowest BCUT2D eigenvalue weighted by Gasteiger charge is -2.13. The summed E-state index contributed by atoms with van der Waals surface area (Å²) in [6, 6.07) is 8.62. The normalized spacial score (nSPS) is 14.9. The summed E-state index contributed by atoms with van der Waals surface area (Å²) in [6.07, 6.45) is 3.30. The number of fused-ring (bicyclic) bond motifs is 3. The van der Waals surface area contributed by atoms with E-state index in [1.807, 2.05) is 0 Å². The van der Waals surface area contributed by atoms with E-state index in [1.54, 1.807) is 11.3 Å². The number of aromatic nitrogens is 2. The highest BCUT2D eigenvalue weighted by atomic mass is 32.1. The number of aromatic amines is 1. The van der Waals surface area contributed by atoms with Crippen molar-refractivity contribution in [1.29, 1.82) is 0 Å². The quantitative estimate of drug-likeness (QED) is 0.763. The minimum absolute atomic E-state index is 0.0394. The number of hydrogen-bond acceptors (Lipinski definition) is 3. The zero-order chi connectivity index (χ0) is 16.7. The van der Waals surface area contributed by atoms with Gasteiger partial charge < -0.3 is 9.88 Å². The number of nitrogens with zero attached hydrogens (tertiary/aromatic N) is 1. The molecular formula is C19H22N3OS+. The van der Waals surface area contributed by atoms with Crippen molar-refractivity contribution in [2.75, 3.05) is 7.05 Å². The second-order valence-electron chi connectivity index (χ2n) is 6.85. The summed E-state index contributed by atoms with van der Waals surface area (Å²) >= 11 is 1.71. The summed E-state index contributed by atoms with van der Waals surface area (Å²) in [5.74, 6) is 0.789. The summed E-state index contributed by atoms with van der Waals surface area (Å²) in [7, 11) is 2.14. The molecule has 0 bridgehead atoms. The van der Waals surface area contributed by atoms with Crippen LogP contribution in [0.2, 0.25) is 0 Å². The van der Waals surface area contributed by atoms with Gasteiger partial charge in [-0.2, -0.15) is 0 Å². The summed E-state index contributed by atoms with van der Waals surface area (Å²) < 4.78 is 0. The van der Waals surface area contributed by atoms with Gasteiger partial charge in [-0.25, -0.2) is 4.98 Å². The summed E-state index contributed by atoms with van der Waals surface area (Å²) in [5.41, 5.74) is 3.86. The third-order valence-electron chi connectivity index (χ3n) is 4.72. The first-order valence-corrected chi connectivity index (χ1v) is 9.32. The molecule has 1 atom stereocenters. The average molecular weight is 340 g/mol. The van der Waals surface area contributed by atoms with Crippen LogP contribution in [0.1, 0.15) is 33.8 Å². The molecule has 0 aliphatic heterocycles. The van der Waals surface area contributed by atoms with Gasteiger partial charge in [-0.1, -0.05) is 29.8 Å². The van der Waals surface area contributed by atoms with Crippen LogP contribution in [-0.2, 0) is 25.9 Å². The van der Waals surface area contributed by atoms with E-state index < -0.39 is 0 Å². The molecule has 2 N–H and O–H groups in total. The van der Waals surface area contributed by atoms with Crippen LogP contribution in [-0.4, -0.2) is 17.0 Å². The molecule has 24 heavy (non-hydrogen) atoms. The Morgan fingerprint density at radius 1 is 1.21 bits per heavy atom. The van der Waals surface area contributed by atoms with E-state index in [9.17, 15) is 4.79 Å². The highest BCUT2D eigenvalue weighted by molar-refractivity contribution is 7.18. The van der Waals surface area contributed by atoms with Crippen molar-refractivity contribution in [2.45, 2.75) is 39.3 Å². The maximum absolute atomic E-state index is 12.5. The summed E-state index contributed by atoms with van der Waals surface area (Å²) in [6.45, 7) is 3.74. The maximum Gasteiger partial charge on any atom is 0.260 e. The highest BCUT2D eigenvalue weighted by Crippen LogP contribution is 2.34. The second-order valence-corrected chi connectivity index (χ2v) is 7.93. The topological polar surface area (TPSA) is 50.2 Å². The number of hydrogen-bond donors (Lipinski definition) is 2. The van der Waals surface area contributed by atoms with Gasteiger partial charge >= 0.3 is 0 Å². The van der Waals surface area contributed by atoms with Crippen LogP contribution in [0.15, 0.2) is 29.1 Å². The Bertz CT molecular complexity index is 940. The van der Waals surface area contributed by atoms with Crippen LogP contribution in [0.25, 0.3) is 10.2 Å². The Morgan fingerprint density at radius 3 is 2.79 bits per heavy atom. The number of thiophene rings is 1. The van der Waals surface area contributed by atoms with Crippen LogP contribution >= 0.6 is 11.3 Å². The van der Waals surface area contributed by atoms with E-state index in [1.165, 1.54) is 32.9 Å². The molecule has 1 aromatic carbocycles. The van der Waals surface area contributed by atoms with Crippen molar-refractivity contribution >= 4 is 21.6 Å². The Labute approximate surface area is 145 Å². The van der Waals surface area contributed by atoms with Crippen LogP contribution < -0.4 is 10.5 Å². The summed E-state index contributed by atoms with van der Waals surface area (Å²) in [5, 5.41) is 0.840. The smallest absolute Gasteiger partial charge is 0.260 e. The van der Waals surface area contributed by atoms with Crippen molar-refractivity contribution in [3.8, 4) is 0 Å². The van der Waals surface area contributed by atoms with Crippen LogP contribution in [0.4, 0.5) is 0 Å². The van der Waals surface area contributed by atoms with Gasteiger partial charge in [-0.3, -0.25) is 4.79 Å². The Kier molecular flexibility index (Phi) is 3.98. The third-order valence-corrected chi connectivity index (χ3v) is 5.91. The number of H-pyrrole nitrogens is 1. The third kappa shape index (κ3) is 2.89. The van der Waals surface area contributed by atoms with Gasteiger partial charge in [0.1, 0.15) is 17.9 Å². The van der Waals surface area contributed by atoms with Gasteiger partial charge in [0.15, 0.2) is 5.82 Å². The SMILES string of the molecule is Cc1ccc(C[NH+](C)Cc2nc3sc4c(c3c(=O)[nH]2)CCC4)cc1. The Morgan fingerprint density at radius 2 is 2.00 bits per heavy atom. The first-order chi connectivity index (χ1) is 11.6. The number of quaternary nitrogens is 1. The fourth-order valence-corrected chi connectivity index (χ4v) is 4.81. The molecule has 0 radical (unpaired) electrons. The summed E-state index contributed by atoms with van der Waals surface area (Å²) in [4.78, 5) is 23.8. The van der Waals surface area contributed by atoms with Gasteiger partial charge in [0.2, 0.25) is 0 Å². The molecule has 1 aliphatic rings. The molecule has 4 nitrogen and oxygen atoms in total. The largest absolute Gasteiger partial charge is 0.327 e. The second kappa shape index (κ2) is 6.15. The molecule has 0 spiro atoms. The fourth-order valence-electron chi connectivity index (χ4n) is 3.53. The molecule has 5 heteroatoms. The predicted molar refractivity (Wildman–Crippen MR) is 97.7 cm³/mol. The van der Waals surface area contributed by atoms with Crippen LogP contribution in [0.3, 0.4) is 0 Å². The Balaban J connectivity index is 1.56. The lowest BCUT2D eigenvalue weighted by atomic mass is 10.1. The minimum Gasteiger partial charge on any atom is -0.327 e. The average Bonchev–Trinajstić information content (AvgIpc) is 3.09. The van der Waals surface area contributed by atoms with Crippen molar-refractivity contribution in [2.24, 2.45) is 0 Å². The molecule has 124 valence electrons. The molecule has 2 heterocycles. The fraction of sp³-hybridized carbons (Fsp3) is 0.368. The zero-order valence-electron chi connectivity index (χ0n) is 14.1. The zero-order valence-corrected chi connectivity index (χ0v) is 14.9. The highest BCUT2D eigenvalue weighted by Gasteiger charge is 2.21. The lowest BCUT2D eigenvalue weighted by molar-refractivity contribution is -0.908. The number of aryl methyl sites for hydroxylation is 3. The number of benzene rings is 1. The van der Waals surface area contributed by atoms with Gasteiger partial charge in [0.05, 0.1) is 12.4 Å². The van der Waals surface area contributed by atoms with E-state index in [0.29, 0.717) is 0 Å². The van der Waals surface area contributed by atoms with Gasteiger partial charge in [-0.05, 0) is 31.7 Å². The number of nitrogens with one attached hydrogen (secondary N) is 2. The van der Waals surface area contributed by atoms with E-state index in [-0.39, 0.29) is 5.56 Å². The van der Waals surface area contributed by atoms with E-state index in [2.05, 4.69) is 43.2 Å². The predicted octanol–water partition coefficient (Wildman–Crippen LogP) is 2.00. The lowest BCUT2D eigenvalue weighted by Crippen LogP contribution is -3.06. The van der Waals surface area contributed by atoms with Crippen molar-refractivity contribution < 1.29 is 4.90 Å². The first kappa shape index (κ1) is 15.5. The molecular weight excluding hydrogens is 318 g/mol. The van der Waals surface area contributed by atoms with Crippen LogP contribution in [0.5, 0.6) is 0 Å². The molecule has 0 saturated carbocycles. The van der Waals surface area contributed by atoms with E-state index in [0.717, 1.165) is 42.0 Å². The molecule has 3 aromatic rings. The monoisotopic (exact) mass is 340 g/mol. The van der Waals surface area contributed by atoms with E-state index in [4.69, 9.17) is 4.98 Å². The van der Waals surface area contributed by atoms with Crippen molar-refractivity contribution in [1.82, 2.24) is 9.97 Å². The maximum atomic E-state index is 12.5. The standard InChI is InChI=1S/C19H21N3OS/c1-12-6-8-13(9-7-12)10-22(2)11-16-20-18(23)17-14-4-3-5-15(14)24-19(17)21-16/h6-9H,3-5,10-11H2,1-2H3,(H,20,21,23)/p+1. The molecule has 1 aliphatic carbocycles. The molecule has 0 fully saturated rings. The Hall–Kier alpha value is -1.98. The van der Waals surface area contributed by atoms with Crippen molar-refractivity contribution in [3.63, 3.8) is 0 Å². The molecule has 2 aromatic heterocycles.